The highest BCUT2D eigenvalue weighted by atomic mass is 19.1. The molecule has 160 valence electrons. The second kappa shape index (κ2) is 9.24. The fraction of sp³-hybridized carbons (Fsp3) is 0.652. The standard InChI is InChI=1S/C23H34FN3O2/c1-4-5-11-27-21(28)20(14-17(2)3)25-22(29)23(27)9-12-26(13-10-23)16-18-7-6-8-19(24)15-18/h6-8,15,17,20H,4-5,9-14,16H2,1-3H3,(H,25,29)/t20-/m0/s1. The Hall–Kier alpha value is -1.95. The van der Waals surface area contributed by atoms with Crippen molar-refractivity contribution >= 4 is 11.8 Å². The van der Waals surface area contributed by atoms with Crippen molar-refractivity contribution in [2.75, 3.05) is 19.6 Å². The van der Waals surface area contributed by atoms with Crippen molar-refractivity contribution in [2.24, 2.45) is 5.92 Å². The number of hydrogen-bond donors (Lipinski definition) is 1. The summed E-state index contributed by atoms with van der Waals surface area (Å²) in [6.07, 6.45) is 3.81. The molecule has 0 aliphatic carbocycles. The predicted molar refractivity (Wildman–Crippen MR) is 112 cm³/mol. The average molecular weight is 404 g/mol. The van der Waals surface area contributed by atoms with Crippen molar-refractivity contribution in [3.63, 3.8) is 0 Å². The van der Waals surface area contributed by atoms with Crippen LogP contribution in [0.1, 0.15) is 58.4 Å². The first-order valence-electron chi connectivity index (χ1n) is 10.9. The van der Waals surface area contributed by atoms with Crippen LogP contribution in [-0.2, 0) is 16.1 Å². The van der Waals surface area contributed by atoms with Crippen LogP contribution < -0.4 is 5.32 Å². The van der Waals surface area contributed by atoms with Crippen molar-refractivity contribution < 1.29 is 14.0 Å². The number of carbonyl (C=O) groups excluding carboxylic acids is 2. The summed E-state index contributed by atoms with van der Waals surface area (Å²) in [5.74, 6) is 0.198. The van der Waals surface area contributed by atoms with Gasteiger partial charge < -0.3 is 10.2 Å². The molecule has 1 spiro atoms. The third-order valence-corrected chi connectivity index (χ3v) is 6.23. The molecule has 6 heteroatoms. The Morgan fingerprint density at radius 3 is 2.59 bits per heavy atom. The summed E-state index contributed by atoms with van der Waals surface area (Å²) in [7, 11) is 0. The molecule has 2 saturated heterocycles. The summed E-state index contributed by atoms with van der Waals surface area (Å²) < 4.78 is 13.5. The largest absolute Gasteiger partial charge is 0.342 e. The minimum atomic E-state index is -0.738. The van der Waals surface area contributed by atoms with Gasteiger partial charge >= 0.3 is 0 Å². The number of amides is 2. The van der Waals surface area contributed by atoms with Gasteiger partial charge in [0.05, 0.1) is 0 Å². The molecule has 2 heterocycles. The van der Waals surface area contributed by atoms with E-state index in [2.05, 4.69) is 31.0 Å². The number of carbonyl (C=O) groups is 2. The van der Waals surface area contributed by atoms with E-state index >= 15 is 0 Å². The summed E-state index contributed by atoms with van der Waals surface area (Å²) in [6.45, 7) is 8.99. The lowest BCUT2D eigenvalue weighted by Crippen LogP contribution is -2.73. The monoisotopic (exact) mass is 403 g/mol. The Kier molecular flexibility index (Phi) is 6.93. The van der Waals surface area contributed by atoms with E-state index < -0.39 is 11.6 Å². The van der Waals surface area contributed by atoms with Gasteiger partial charge in [0.2, 0.25) is 11.8 Å². The number of benzene rings is 1. The molecule has 0 radical (unpaired) electrons. The third-order valence-electron chi connectivity index (χ3n) is 6.23. The number of nitrogens with one attached hydrogen (secondary N) is 1. The average Bonchev–Trinajstić information content (AvgIpc) is 2.67. The van der Waals surface area contributed by atoms with Gasteiger partial charge in [-0.25, -0.2) is 4.39 Å². The minimum absolute atomic E-state index is 0.00394. The molecular weight excluding hydrogens is 369 g/mol. The Labute approximate surface area is 173 Å². The molecule has 0 aromatic heterocycles. The van der Waals surface area contributed by atoms with Crippen molar-refractivity contribution in [1.29, 1.82) is 0 Å². The Morgan fingerprint density at radius 1 is 1.24 bits per heavy atom. The molecule has 0 bridgehead atoms. The molecule has 1 atom stereocenters. The molecule has 29 heavy (non-hydrogen) atoms. The number of piperidine rings is 1. The zero-order chi connectivity index (χ0) is 21.0. The molecule has 0 unspecified atom stereocenters. The maximum absolute atomic E-state index is 13.5. The van der Waals surface area contributed by atoms with Crippen LogP contribution in [0.4, 0.5) is 4.39 Å². The van der Waals surface area contributed by atoms with Gasteiger partial charge in [-0.05, 0) is 49.3 Å². The zero-order valence-electron chi connectivity index (χ0n) is 17.9. The van der Waals surface area contributed by atoms with Gasteiger partial charge in [-0.3, -0.25) is 14.5 Å². The first kappa shape index (κ1) is 21.8. The van der Waals surface area contributed by atoms with Gasteiger partial charge in [0, 0.05) is 26.2 Å². The quantitative estimate of drug-likeness (QED) is 0.760. The van der Waals surface area contributed by atoms with Gasteiger partial charge in [-0.1, -0.05) is 39.3 Å². The van der Waals surface area contributed by atoms with Crippen molar-refractivity contribution in [3.8, 4) is 0 Å². The van der Waals surface area contributed by atoms with Crippen LogP contribution in [0.5, 0.6) is 0 Å². The molecule has 2 fully saturated rings. The predicted octanol–water partition coefficient (Wildman–Crippen LogP) is 3.33. The summed E-state index contributed by atoms with van der Waals surface area (Å²) >= 11 is 0. The zero-order valence-corrected chi connectivity index (χ0v) is 17.9. The third kappa shape index (κ3) is 4.80. The van der Waals surface area contributed by atoms with E-state index in [4.69, 9.17) is 0 Å². The lowest BCUT2D eigenvalue weighted by Gasteiger charge is -2.52. The highest BCUT2D eigenvalue weighted by molar-refractivity contribution is 6.00. The van der Waals surface area contributed by atoms with Crippen LogP contribution in [0.25, 0.3) is 0 Å². The van der Waals surface area contributed by atoms with Crippen LogP contribution in [0.2, 0.25) is 0 Å². The molecule has 1 N–H and O–H groups in total. The highest BCUT2D eigenvalue weighted by Crippen LogP contribution is 2.34. The van der Waals surface area contributed by atoms with Crippen molar-refractivity contribution in [1.82, 2.24) is 15.1 Å². The normalized spacial score (nSPS) is 22.4. The van der Waals surface area contributed by atoms with Crippen LogP contribution in [0, 0.1) is 11.7 Å². The van der Waals surface area contributed by atoms with E-state index in [0.717, 1.165) is 18.4 Å². The maximum Gasteiger partial charge on any atom is 0.246 e. The first-order valence-corrected chi connectivity index (χ1v) is 10.9. The summed E-state index contributed by atoms with van der Waals surface area (Å²) in [5.41, 5.74) is 0.197. The molecule has 2 aliphatic heterocycles. The molecule has 5 nitrogen and oxygen atoms in total. The Morgan fingerprint density at radius 2 is 1.97 bits per heavy atom. The number of halogens is 1. The van der Waals surface area contributed by atoms with Gasteiger partial charge in [0.15, 0.2) is 0 Å². The molecule has 1 aromatic carbocycles. The van der Waals surface area contributed by atoms with E-state index in [0.29, 0.717) is 51.4 Å². The van der Waals surface area contributed by atoms with Crippen LogP contribution in [-0.4, -0.2) is 52.8 Å². The van der Waals surface area contributed by atoms with Crippen molar-refractivity contribution in [3.05, 3.63) is 35.6 Å². The van der Waals surface area contributed by atoms with E-state index in [-0.39, 0.29) is 17.6 Å². The lowest BCUT2D eigenvalue weighted by atomic mass is 9.80. The summed E-state index contributed by atoms with van der Waals surface area (Å²) in [4.78, 5) is 30.6. The number of rotatable bonds is 7. The maximum atomic E-state index is 13.5. The minimum Gasteiger partial charge on any atom is -0.342 e. The number of hydrogen-bond acceptors (Lipinski definition) is 3. The second-order valence-corrected chi connectivity index (χ2v) is 8.94. The first-order chi connectivity index (χ1) is 13.9. The number of likely N-dealkylation sites (tertiary alicyclic amines) is 1. The topological polar surface area (TPSA) is 52.7 Å². The fourth-order valence-corrected chi connectivity index (χ4v) is 4.62. The SMILES string of the molecule is CCCCN1C(=O)[C@H](CC(C)C)NC(=O)C12CCN(Cc1cccc(F)c1)CC2. The number of nitrogens with zero attached hydrogens (tertiary/aromatic N) is 2. The van der Waals surface area contributed by atoms with Gasteiger partial charge in [-0.2, -0.15) is 0 Å². The van der Waals surface area contributed by atoms with E-state index in [1.807, 2.05) is 11.0 Å². The van der Waals surface area contributed by atoms with Gasteiger partial charge in [0.1, 0.15) is 17.4 Å². The number of unbranched alkanes of at least 4 members (excludes halogenated alkanes) is 1. The smallest absolute Gasteiger partial charge is 0.246 e. The Balaban J connectivity index is 1.73. The Bertz CT molecular complexity index is 729. The lowest BCUT2D eigenvalue weighted by molar-refractivity contribution is -0.161. The molecule has 0 saturated carbocycles. The van der Waals surface area contributed by atoms with Crippen LogP contribution >= 0.6 is 0 Å². The fourth-order valence-electron chi connectivity index (χ4n) is 4.62. The second-order valence-electron chi connectivity index (χ2n) is 8.94. The summed E-state index contributed by atoms with van der Waals surface area (Å²) in [6, 6.07) is 6.26. The molecular formula is C23H34FN3O2. The molecule has 1 aromatic rings. The van der Waals surface area contributed by atoms with E-state index in [1.165, 1.54) is 6.07 Å². The van der Waals surface area contributed by atoms with Crippen LogP contribution in [0.15, 0.2) is 24.3 Å². The number of piperazine rings is 1. The molecule has 2 amide bonds. The van der Waals surface area contributed by atoms with Gasteiger partial charge in [0.25, 0.3) is 0 Å². The van der Waals surface area contributed by atoms with E-state index in [9.17, 15) is 14.0 Å². The summed E-state index contributed by atoms with van der Waals surface area (Å²) in [5, 5.41) is 3.04. The van der Waals surface area contributed by atoms with Gasteiger partial charge in [-0.15, -0.1) is 0 Å². The van der Waals surface area contributed by atoms with E-state index in [1.54, 1.807) is 12.1 Å². The molecule has 3 rings (SSSR count). The van der Waals surface area contributed by atoms with Crippen LogP contribution in [0.3, 0.4) is 0 Å². The highest BCUT2D eigenvalue weighted by Gasteiger charge is 2.53. The molecule has 2 aliphatic rings. The van der Waals surface area contributed by atoms with Crippen molar-refractivity contribution in [2.45, 2.75) is 71.0 Å².